The van der Waals surface area contributed by atoms with Gasteiger partial charge in [-0.1, -0.05) is 6.08 Å². The fourth-order valence-corrected chi connectivity index (χ4v) is 1.62. The number of rotatable bonds is 4. The van der Waals surface area contributed by atoms with E-state index in [-0.39, 0.29) is 12.0 Å². The molecule has 80 valence electrons. The van der Waals surface area contributed by atoms with Crippen LogP contribution >= 0.6 is 0 Å². The van der Waals surface area contributed by atoms with Gasteiger partial charge in [0.1, 0.15) is 11.6 Å². The number of hydrogen-bond donors (Lipinski definition) is 1. The molecule has 1 saturated heterocycles. The summed E-state index contributed by atoms with van der Waals surface area (Å²) in [7, 11) is 0. The van der Waals surface area contributed by atoms with Gasteiger partial charge in [-0.3, -0.25) is 4.79 Å². The van der Waals surface area contributed by atoms with Crippen LogP contribution in [0.25, 0.3) is 0 Å². The van der Waals surface area contributed by atoms with Crippen molar-refractivity contribution in [3.8, 4) is 0 Å². The van der Waals surface area contributed by atoms with Gasteiger partial charge in [0.2, 0.25) is 0 Å². The van der Waals surface area contributed by atoms with E-state index in [9.17, 15) is 4.79 Å². The van der Waals surface area contributed by atoms with Crippen LogP contribution in [-0.2, 0) is 9.53 Å². The van der Waals surface area contributed by atoms with E-state index < -0.39 is 5.60 Å². The van der Waals surface area contributed by atoms with Crippen molar-refractivity contribution in [2.24, 2.45) is 0 Å². The average Bonchev–Trinajstić information content (AvgIpc) is 2.53. The van der Waals surface area contributed by atoms with E-state index in [1.165, 1.54) is 0 Å². The Morgan fingerprint density at radius 1 is 1.71 bits per heavy atom. The van der Waals surface area contributed by atoms with Gasteiger partial charge in [0, 0.05) is 6.42 Å². The molecule has 0 amide bonds. The quantitative estimate of drug-likeness (QED) is 0.550. The summed E-state index contributed by atoms with van der Waals surface area (Å²) in [5.41, 5.74) is -0.427. The number of carbonyl (C=O) groups is 1. The Balaban J connectivity index is 2.42. The molecule has 1 rings (SSSR count). The van der Waals surface area contributed by atoms with Crippen LogP contribution in [0.3, 0.4) is 0 Å². The Bertz CT molecular complexity index is 217. The smallest absolute Gasteiger partial charge is 0.323 e. The zero-order valence-corrected chi connectivity index (χ0v) is 9.01. The minimum atomic E-state index is -0.427. The van der Waals surface area contributed by atoms with Crippen LogP contribution in [-0.4, -0.2) is 24.2 Å². The number of nitrogens with one attached hydrogen (secondary N) is 1. The first-order valence-electron chi connectivity index (χ1n) is 5.12. The third kappa shape index (κ3) is 3.14. The van der Waals surface area contributed by atoms with Crippen molar-refractivity contribution in [1.82, 2.24) is 5.32 Å². The lowest BCUT2D eigenvalue weighted by atomic mass is 10.1. The van der Waals surface area contributed by atoms with Gasteiger partial charge in [-0.05, 0) is 33.2 Å². The Hall–Kier alpha value is -0.830. The van der Waals surface area contributed by atoms with Gasteiger partial charge in [-0.25, -0.2) is 0 Å². The average molecular weight is 197 g/mol. The van der Waals surface area contributed by atoms with E-state index >= 15 is 0 Å². The van der Waals surface area contributed by atoms with E-state index in [1.54, 1.807) is 6.08 Å². The van der Waals surface area contributed by atoms with Crippen LogP contribution in [0, 0.1) is 0 Å². The normalized spacial score (nSPS) is 22.0. The molecule has 1 fully saturated rings. The highest BCUT2D eigenvalue weighted by Crippen LogP contribution is 2.17. The summed E-state index contributed by atoms with van der Waals surface area (Å²) < 4.78 is 5.39. The van der Waals surface area contributed by atoms with Crippen LogP contribution in [0.1, 0.15) is 33.1 Å². The number of carbonyl (C=O) groups excluding carboxylic acids is 1. The van der Waals surface area contributed by atoms with Crippen LogP contribution in [0.2, 0.25) is 0 Å². The second kappa shape index (κ2) is 4.60. The summed E-state index contributed by atoms with van der Waals surface area (Å²) in [4.78, 5) is 11.6. The van der Waals surface area contributed by atoms with E-state index in [2.05, 4.69) is 11.9 Å². The molecule has 1 aliphatic rings. The summed E-state index contributed by atoms with van der Waals surface area (Å²) in [6.45, 7) is 8.37. The molecule has 0 aromatic rings. The van der Waals surface area contributed by atoms with Crippen molar-refractivity contribution in [3.05, 3.63) is 12.7 Å². The zero-order chi connectivity index (χ0) is 10.6. The topological polar surface area (TPSA) is 38.3 Å². The van der Waals surface area contributed by atoms with Crippen molar-refractivity contribution in [1.29, 1.82) is 0 Å². The fourth-order valence-electron chi connectivity index (χ4n) is 1.62. The molecule has 0 aliphatic carbocycles. The lowest BCUT2D eigenvalue weighted by molar-refractivity contribution is -0.158. The number of esters is 1. The molecule has 1 N–H and O–H groups in total. The molecule has 3 heteroatoms. The molecule has 0 spiro atoms. The number of hydrogen-bond acceptors (Lipinski definition) is 3. The van der Waals surface area contributed by atoms with Crippen LogP contribution in [0.15, 0.2) is 12.7 Å². The van der Waals surface area contributed by atoms with E-state index in [4.69, 9.17) is 4.74 Å². The SMILES string of the molecule is C=CCC(C)(C)OC(=O)[C@@H]1CCCN1. The molecule has 0 aromatic heterocycles. The van der Waals surface area contributed by atoms with Crippen LogP contribution < -0.4 is 5.32 Å². The Labute approximate surface area is 85.5 Å². The molecule has 0 unspecified atom stereocenters. The summed E-state index contributed by atoms with van der Waals surface area (Å²) in [6, 6.07) is -0.0981. The molecule has 14 heavy (non-hydrogen) atoms. The second-order valence-electron chi connectivity index (χ2n) is 4.32. The zero-order valence-electron chi connectivity index (χ0n) is 9.01. The Morgan fingerprint density at radius 3 is 2.93 bits per heavy atom. The third-order valence-corrected chi connectivity index (χ3v) is 2.36. The second-order valence-corrected chi connectivity index (χ2v) is 4.32. The number of ether oxygens (including phenoxy) is 1. The first kappa shape index (κ1) is 11.2. The molecule has 1 aliphatic heterocycles. The summed E-state index contributed by atoms with van der Waals surface area (Å²) in [5, 5.41) is 3.12. The first-order valence-corrected chi connectivity index (χ1v) is 5.12. The van der Waals surface area contributed by atoms with Crippen molar-refractivity contribution < 1.29 is 9.53 Å². The maximum Gasteiger partial charge on any atom is 0.323 e. The van der Waals surface area contributed by atoms with E-state index in [0.717, 1.165) is 19.4 Å². The standard InChI is InChI=1S/C11H19NO2/c1-4-7-11(2,3)14-10(13)9-6-5-8-12-9/h4,9,12H,1,5-8H2,2-3H3/t9-/m0/s1. The highest BCUT2D eigenvalue weighted by Gasteiger charge is 2.28. The monoisotopic (exact) mass is 197 g/mol. The first-order chi connectivity index (χ1) is 6.55. The minimum absolute atomic E-state index is 0.0981. The highest BCUT2D eigenvalue weighted by molar-refractivity contribution is 5.76. The van der Waals surface area contributed by atoms with E-state index in [0.29, 0.717) is 6.42 Å². The van der Waals surface area contributed by atoms with Gasteiger partial charge in [0.05, 0.1) is 0 Å². The predicted octanol–water partition coefficient (Wildman–Crippen LogP) is 1.64. The van der Waals surface area contributed by atoms with Gasteiger partial charge in [-0.2, -0.15) is 0 Å². The van der Waals surface area contributed by atoms with Gasteiger partial charge in [0.25, 0.3) is 0 Å². The van der Waals surface area contributed by atoms with Crippen molar-refractivity contribution in [3.63, 3.8) is 0 Å². The molecular formula is C11H19NO2. The van der Waals surface area contributed by atoms with Gasteiger partial charge >= 0.3 is 5.97 Å². The molecular weight excluding hydrogens is 178 g/mol. The fraction of sp³-hybridized carbons (Fsp3) is 0.727. The summed E-state index contributed by atoms with van der Waals surface area (Å²) in [5.74, 6) is -0.130. The van der Waals surface area contributed by atoms with E-state index in [1.807, 2.05) is 13.8 Å². The van der Waals surface area contributed by atoms with Gasteiger partial charge in [0.15, 0.2) is 0 Å². The maximum absolute atomic E-state index is 11.6. The largest absolute Gasteiger partial charge is 0.458 e. The van der Waals surface area contributed by atoms with Gasteiger partial charge < -0.3 is 10.1 Å². The maximum atomic E-state index is 11.6. The molecule has 0 radical (unpaired) electrons. The summed E-state index contributed by atoms with van der Waals surface area (Å²) >= 11 is 0. The predicted molar refractivity (Wildman–Crippen MR) is 56.0 cm³/mol. The summed E-state index contributed by atoms with van der Waals surface area (Å²) in [6.07, 6.45) is 4.41. The molecule has 0 bridgehead atoms. The lowest BCUT2D eigenvalue weighted by Crippen LogP contribution is -2.38. The molecule has 0 saturated carbocycles. The van der Waals surface area contributed by atoms with Crippen LogP contribution in [0.5, 0.6) is 0 Å². The Morgan fingerprint density at radius 2 is 2.43 bits per heavy atom. The Kier molecular flexibility index (Phi) is 3.69. The molecule has 1 heterocycles. The lowest BCUT2D eigenvalue weighted by Gasteiger charge is -2.25. The molecule has 3 nitrogen and oxygen atoms in total. The van der Waals surface area contributed by atoms with Gasteiger partial charge in [-0.15, -0.1) is 6.58 Å². The molecule has 1 atom stereocenters. The third-order valence-electron chi connectivity index (χ3n) is 2.36. The highest BCUT2D eigenvalue weighted by atomic mass is 16.6. The molecule has 0 aromatic carbocycles. The van der Waals surface area contributed by atoms with Crippen LogP contribution in [0.4, 0.5) is 0 Å². The van der Waals surface area contributed by atoms with Crippen molar-refractivity contribution >= 4 is 5.97 Å². The van der Waals surface area contributed by atoms with Crippen molar-refractivity contribution in [2.45, 2.75) is 44.8 Å². The minimum Gasteiger partial charge on any atom is -0.458 e. The van der Waals surface area contributed by atoms with Crippen molar-refractivity contribution in [2.75, 3.05) is 6.54 Å².